The van der Waals surface area contributed by atoms with Crippen LogP contribution in [0.4, 0.5) is 11.5 Å². The molecule has 7 nitrogen and oxygen atoms in total. The van der Waals surface area contributed by atoms with Crippen molar-refractivity contribution in [2.45, 2.75) is 6.92 Å². The highest BCUT2D eigenvalue weighted by atomic mass is 32.1. The lowest BCUT2D eigenvalue weighted by atomic mass is 10.2. The Morgan fingerprint density at radius 1 is 1.12 bits per heavy atom. The fourth-order valence-corrected chi connectivity index (χ4v) is 3.13. The molecule has 1 aliphatic rings. The molecule has 0 unspecified atom stereocenters. The quantitative estimate of drug-likeness (QED) is 0.738. The van der Waals surface area contributed by atoms with Crippen molar-refractivity contribution in [3.05, 3.63) is 30.3 Å². The number of carbonyl (C=O) groups excluding carboxylic acids is 1. The summed E-state index contributed by atoms with van der Waals surface area (Å²) in [6.07, 6.45) is 0. The van der Waals surface area contributed by atoms with Crippen molar-refractivity contribution in [2.75, 3.05) is 49.2 Å². The molecule has 8 heteroatoms. The Balaban J connectivity index is 1.57. The normalized spacial score (nSPS) is 14.5. The van der Waals surface area contributed by atoms with Crippen LogP contribution in [0.25, 0.3) is 0 Å². The summed E-state index contributed by atoms with van der Waals surface area (Å²) in [6, 6.07) is 10.4. The molecule has 2 heterocycles. The van der Waals surface area contributed by atoms with Gasteiger partial charge in [0.05, 0.1) is 18.3 Å². The van der Waals surface area contributed by atoms with Crippen molar-refractivity contribution in [1.82, 2.24) is 8.75 Å². The molecule has 1 fully saturated rings. The van der Waals surface area contributed by atoms with Gasteiger partial charge in [-0.15, -0.1) is 4.37 Å². The van der Waals surface area contributed by atoms with E-state index in [1.807, 2.05) is 18.2 Å². The van der Waals surface area contributed by atoms with Gasteiger partial charge >= 0.3 is 5.97 Å². The monoisotopic (exact) mass is 348 g/mol. The first-order chi connectivity index (χ1) is 11.8. The summed E-state index contributed by atoms with van der Waals surface area (Å²) < 4.78 is 18.8. The lowest BCUT2D eigenvalue weighted by molar-refractivity contribution is -0.145. The Morgan fingerprint density at radius 3 is 2.54 bits per heavy atom. The molecule has 1 saturated heterocycles. The highest BCUT2D eigenvalue weighted by Gasteiger charge is 2.23. The first kappa shape index (κ1) is 16.5. The molecule has 2 aromatic rings. The Kier molecular flexibility index (Phi) is 5.47. The number of esters is 1. The van der Waals surface area contributed by atoms with Gasteiger partial charge in [-0.25, -0.2) is 4.79 Å². The van der Waals surface area contributed by atoms with Gasteiger partial charge < -0.3 is 19.3 Å². The number of benzene rings is 1. The number of hydrogen-bond acceptors (Lipinski definition) is 8. The van der Waals surface area contributed by atoms with Crippen LogP contribution in [-0.2, 0) is 9.53 Å². The molecule has 128 valence electrons. The fourth-order valence-electron chi connectivity index (χ4n) is 2.61. The molecular weight excluding hydrogens is 328 g/mol. The number of para-hydroxylation sites is 1. The van der Waals surface area contributed by atoms with Crippen molar-refractivity contribution in [2.24, 2.45) is 0 Å². The minimum Gasteiger partial charge on any atom is -0.463 e. The highest BCUT2D eigenvalue weighted by molar-refractivity contribution is 6.99. The first-order valence-electron chi connectivity index (χ1n) is 7.94. The number of hydrogen-bond donors (Lipinski definition) is 0. The predicted octanol–water partition coefficient (Wildman–Crippen LogP) is 1.81. The van der Waals surface area contributed by atoms with Crippen LogP contribution in [0.5, 0.6) is 5.88 Å². The summed E-state index contributed by atoms with van der Waals surface area (Å²) in [5.41, 5.74) is 1.23. The number of aromatic nitrogens is 2. The summed E-state index contributed by atoms with van der Waals surface area (Å²) >= 11 is 1.09. The topological polar surface area (TPSA) is 67.8 Å². The fraction of sp³-hybridized carbons (Fsp3) is 0.438. The maximum absolute atomic E-state index is 11.4. The van der Waals surface area contributed by atoms with Gasteiger partial charge in [-0.05, 0) is 19.1 Å². The van der Waals surface area contributed by atoms with Gasteiger partial charge in [-0.1, -0.05) is 18.2 Å². The Morgan fingerprint density at radius 2 is 1.83 bits per heavy atom. The van der Waals surface area contributed by atoms with Gasteiger partial charge in [0.1, 0.15) is 0 Å². The Bertz CT molecular complexity index is 656. The molecule has 0 radical (unpaired) electrons. The van der Waals surface area contributed by atoms with Crippen molar-refractivity contribution < 1.29 is 14.3 Å². The van der Waals surface area contributed by atoms with Crippen LogP contribution < -0.4 is 14.5 Å². The smallest absolute Gasteiger partial charge is 0.344 e. The largest absolute Gasteiger partial charge is 0.463 e. The molecule has 1 aliphatic heterocycles. The Hall–Kier alpha value is -2.35. The van der Waals surface area contributed by atoms with Gasteiger partial charge in [-0.3, -0.25) is 0 Å². The van der Waals surface area contributed by atoms with Gasteiger partial charge in [0.15, 0.2) is 6.61 Å². The molecule has 0 saturated carbocycles. The zero-order chi connectivity index (χ0) is 16.8. The second-order valence-electron chi connectivity index (χ2n) is 5.30. The molecule has 0 bridgehead atoms. The van der Waals surface area contributed by atoms with Crippen LogP contribution in [0.2, 0.25) is 0 Å². The number of ether oxygens (including phenoxy) is 2. The van der Waals surface area contributed by atoms with Crippen LogP contribution in [0.15, 0.2) is 30.3 Å². The number of carbonyl (C=O) groups is 1. The SMILES string of the molecule is CCOC(=O)COc1nsnc1N1CCN(c2ccccc2)CC1. The first-order valence-corrected chi connectivity index (χ1v) is 8.67. The second-order valence-corrected chi connectivity index (χ2v) is 5.82. The van der Waals surface area contributed by atoms with E-state index in [1.54, 1.807) is 6.92 Å². The van der Waals surface area contributed by atoms with Gasteiger partial charge in [0.2, 0.25) is 5.82 Å². The summed E-state index contributed by atoms with van der Waals surface area (Å²) in [4.78, 5) is 15.9. The minimum atomic E-state index is -0.398. The van der Waals surface area contributed by atoms with Crippen molar-refractivity contribution in [1.29, 1.82) is 0 Å². The van der Waals surface area contributed by atoms with Gasteiger partial charge in [-0.2, -0.15) is 4.37 Å². The minimum absolute atomic E-state index is 0.143. The van der Waals surface area contributed by atoms with Crippen LogP contribution in [0.3, 0.4) is 0 Å². The van der Waals surface area contributed by atoms with Crippen LogP contribution >= 0.6 is 11.7 Å². The summed E-state index contributed by atoms with van der Waals surface area (Å²) in [6.45, 7) is 5.42. The molecule has 0 spiro atoms. The zero-order valence-electron chi connectivity index (χ0n) is 13.6. The average molecular weight is 348 g/mol. The summed E-state index contributed by atoms with van der Waals surface area (Å²) in [5.74, 6) is 0.712. The lowest BCUT2D eigenvalue weighted by Gasteiger charge is -2.36. The van der Waals surface area contributed by atoms with E-state index in [9.17, 15) is 4.79 Å². The second kappa shape index (κ2) is 7.96. The van der Waals surface area contributed by atoms with Crippen LogP contribution in [-0.4, -0.2) is 54.1 Å². The maximum Gasteiger partial charge on any atom is 0.344 e. The molecule has 3 rings (SSSR count). The number of anilines is 2. The van der Waals surface area contributed by atoms with Crippen molar-refractivity contribution >= 4 is 29.2 Å². The molecule has 24 heavy (non-hydrogen) atoms. The van der Waals surface area contributed by atoms with Crippen LogP contribution in [0, 0.1) is 0 Å². The van der Waals surface area contributed by atoms with Gasteiger partial charge in [0.25, 0.3) is 5.88 Å². The van der Waals surface area contributed by atoms with Crippen molar-refractivity contribution in [3.63, 3.8) is 0 Å². The molecule has 1 aromatic carbocycles. The van der Waals surface area contributed by atoms with E-state index >= 15 is 0 Å². The molecular formula is C16H20N4O3S. The highest BCUT2D eigenvalue weighted by Crippen LogP contribution is 2.27. The van der Waals surface area contributed by atoms with E-state index in [2.05, 4.69) is 30.7 Å². The lowest BCUT2D eigenvalue weighted by Crippen LogP contribution is -2.46. The molecule has 0 aliphatic carbocycles. The third-order valence-corrected chi connectivity index (χ3v) is 4.28. The predicted molar refractivity (Wildman–Crippen MR) is 92.9 cm³/mol. The molecule has 0 atom stereocenters. The van der Waals surface area contributed by atoms with E-state index in [1.165, 1.54) is 5.69 Å². The van der Waals surface area contributed by atoms with E-state index in [-0.39, 0.29) is 6.61 Å². The van der Waals surface area contributed by atoms with Crippen LogP contribution in [0.1, 0.15) is 6.92 Å². The summed E-state index contributed by atoms with van der Waals surface area (Å²) in [7, 11) is 0. The van der Waals surface area contributed by atoms with E-state index in [0.717, 1.165) is 37.9 Å². The zero-order valence-corrected chi connectivity index (χ0v) is 14.4. The third-order valence-electron chi connectivity index (χ3n) is 3.77. The maximum atomic E-state index is 11.4. The van der Waals surface area contributed by atoms with Gasteiger partial charge in [0, 0.05) is 31.9 Å². The molecule has 0 amide bonds. The standard InChI is InChI=1S/C16H20N4O3S/c1-2-22-14(21)12-23-16-15(17-24-18-16)20-10-8-19(9-11-20)13-6-4-3-5-7-13/h3-7H,2,8-12H2,1H3. The Labute approximate surface area is 145 Å². The molecule has 1 aromatic heterocycles. The third kappa shape index (κ3) is 3.94. The number of piperazine rings is 1. The summed E-state index contributed by atoms with van der Waals surface area (Å²) in [5, 5.41) is 0. The average Bonchev–Trinajstić information content (AvgIpc) is 3.10. The van der Waals surface area contributed by atoms with E-state index in [4.69, 9.17) is 9.47 Å². The number of nitrogens with zero attached hydrogens (tertiary/aromatic N) is 4. The molecule has 0 N–H and O–H groups in total. The van der Waals surface area contributed by atoms with E-state index in [0.29, 0.717) is 18.3 Å². The number of rotatable bonds is 6. The van der Waals surface area contributed by atoms with E-state index < -0.39 is 5.97 Å². The van der Waals surface area contributed by atoms with Crippen molar-refractivity contribution in [3.8, 4) is 5.88 Å².